The van der Waals surface area contributed by atoms with Crippen LogP contribution in [-0.2, 0) is 6.42 Å². The molecule has 0 radical (unpaired) electrons. The zero-order valence-electron chi connectivity index (χ0n) is 13.3. The third-order valence-corrected chi connectivity index (χ3v) is 3.96. The van der Waals surface area contributed by atoms with Crippen LogP contribution in [0.5, 0.6) is 0 Å². The zero-order chi connectivity index (χ0) is 16.7. The van der Waals surface area contributed by atoms with Crippen LogP contribution in [0.4, 0.5) is 5.69 Å². The summed E-state index contributed by atoms with van der Waals surface area (Å²) in [6, 6.07) is 16.9. The van der Waals surface area contributed by atoms with Crippen LogP contribution in [0, 0.1) is 10.1 Å². The minimum atomic E-state index is -0.700. The topological polar surface area (TPSA) is 80.0 Å². The minimum Gasteiger partial charge on any atom is -0.382 e. The SMILES string of the molecule is C[C@H](CCc1ccccc1)[NH2+]C[C@@H](O)c1cccc([N+](=O)[O-])c1. The van der Waals surface area contributed by atoms with E-state index in [1.54, 1.807) is 12.1 Å². The van der Waals surface area contributed by atoms with Crippen molar-refractivity contribution >= 4 is 5.69 Å². The summed E-state index contributed by atoms with van der Waals surface area (Å²) in [5.74, 6) is 0. The highest BCUT2D eigenvalue weighted by molar-refractivity contribution is 5.35. The van der Waals surface area contributed by atoms with Gasteiger partial charge in [-0.1, -0.05) is 42.5 Å². The molecule has 0 unspecified atom stereocenters. The van der Waals surface area contributed by atoms with Gasteiger partial charge in [0.25, 0.3) is 5.69 Å². The predicted molar refractivity (Wildman–Crippen MR) is 89.1 cm³/mol. The van der Waals surface area contributed by atoms with E-state index in [1.165, 1.54) is 17.7 Å². The lowest BCUT2D eigenvalue weighted by molar-refractivity contribution is -0.693. The second kappa shape index (κ2) is 8.41. The number of hydrogen-bond acceptors (Lipinski definition) is 3. The monoisotopic (exact) mass is 315 g/mol. The van der Waals surface area contributed by atoms with Crippen molar-refractivity contribution in [2.24, 2.45) is 0 Å². The van der Waals surface area contributed by atoms with Crippen molar-refractivity contribution < 1.29 is 15.3 Å². The molecule has 5 nitrogen and oxygen atoms in total. The van der Waals surface area contributed by atoms with Gasteiger partial charge in [-0.05, 0) is 24.5 Å². The quantitative estimate of drug-likeness (QED) is 0.579. The number of benzene rings is 2. The molecule has 0 fully saturated rings. The summed E-state index contributed by atoms with van der Waals surface area (Å²) >= 11 is 0. The van der Waals surface area contributed by atoms with Crippen molar-refractivity contribution in [3.8, 4) is 0 Å². The number of nitrogens with zero attached hydrogens (tertiary/aromatic N) is 1. The first kappa shape index (κ1) is 17.1. The predicted octanol–water partition coefficient (Wildman–Crippen LogP) is 2.21. The van der Waals surface area contributed by atoms with Crippen LogP contribution in [0.25, 0.3) is 0 Å². The fourth-order valence-electron chi connectivity index (χ4n) is 2.50. The molecule has 2 aromatic carbocycles. The molecule has 2 atom stereocenters. The largest absolute Gasteiger partial charge is 0.382 e. The van der Waals surface area contributed by atoms with Gasteiger partial charge in [0.2, 0.25) is 0 Å². The van der Waals surface area contributed by atoms with Gasteiger partial charge >= 0.3 is 0 Å². The van der Waals surface area contributed by atoms with Crippen LogP contribution in [0.15, 0.2) is 54.6 Å². The van der Waals surface area contributed by atoms with Gasteiger partial charge in [-0.2, -0.15) is 0 Å². The fourth-order valence-corrected chi connectivity index (χ4v) is 2.50. The van der Waals surface area contributed by atoms with E-state index >= 15 is 0 Å². The van der Waals surface area contributed by atoms with Gasteiger partial charge in [-0.15, -0.1) is 0 Å². The number of nitro groups is 1. The van der Waals surface area contributed by atoms with E-state index in [0.717, 1.165) is 12.8 Å². The van der Waals surface area contributed by atoms with Crippen molar-refractivity contribution in [2.45, 2.75) is 31.9 Å². The van der Waals surface area contributed by atoms with Gasteiger partial charge in [0.1, 0.15) is 12.6 Å². The average molecular weight is 315 g/mol. The Morgan fingerprint density at radius 3 is 2.61 bits per heavy atom. The van der Waals surface area contributed by atoms with Crippen molar-refractivity contribution in [3.63, 3.8) is 0 Å². The summed E-state index contributed by atoms with van der Waals surface area (Å²) in [4.78, 5) is 10.3. The maximum Gasteiger partial charge on any atom is 0.269 e. The smallest absolute Gasteiger partial charge is 0.269 e. The molecule has 0 bridgehead atoms. The lowest BCUT2D eigenvalue weighted by Crippen LogP contribution is -2.90. The van der Waals surface area contributed by atoms with Crippen LogP contribution < -0.4 is 5.32 Å². The van der Waals surface area contributed by atoms with Gasteiger partial charge in [0.15, 0.2) is 0 Å². The Kier molecular flexibility index (Phi) is 6.26. The molecular weight excluding hydrogens is 292 g/mol. The van der Waals surface area contributed by atoms with Crippen LogP contribution in [-0.4, -0.2) is 22.6 Å². The Labute approximate surface area is 136 Å². The molecule has 122 valence electrons. The van der Waals surface area contributed by atoms with Crippen molar-refractivity contribution in [3.05, 3.63) is 75.8 Å². The van der Waals surface area contributed by atoms with Crippen LogP contribution in [0.2, 0.25) is 0 Å². The van der Waals surface area contributed by atoms with E-state index in [4.69, 9.17) is 0 Å². The van der Waals surface area contributed by atoms with E-state index in [9.17, 15) is 15.2 Å². The molecule has 0 aliphatic heterocycles. The summed E-state index contributed by atoms with van der Waals surface area (Å²) in [7, 11) is 0. The van der Waals surface area contributed by atoms with Crippen LogP contribution >= 0.6 is 0 Å². The first-order valence-electron chi connectivity index (χ1n) is 7.86. The molecule has 2 rings (SSSR count). The van der Waals surface area contributed by atoms with Crippen molar-refractivity contribution in [1.82, 2.24) is 0 Å². The average Bonchev–Trinajstić information content (AvgIpc) is 2.58. The van der Waals surface area contributed by atoms with Gasteiger partial charge in [-0.25, -0.2) is 0 Å². The lowest BCUT2D eigenvalue weighted by Gasteiger charge is -2.14. The summed E-state index contributed by atoms with van der Waals surface area (Å²) in [6.45, 7) is 2.63. The second-order valence-electron chi connectivity index (χ2n) is 5.84. The number of aliphatic hydroxyl groups is 1. The molecule has 0 saturated carbocycles. The first-order chi connectivity index (χ1) is 11.1. The zero-order valence-corrected chi connectivity index (χ0v) is 13.3. The summed E-state index contributed by atoms with van der Waals surface area (Å²) in [5, 5.41) is 23.1. The molecule has 0 aliphatic rings. The molecule has 3 N–H and O–H groups in total. The number of non-ortho nitro benzene ring substituents is 1. The van der Waals surface area contributed by atoms with E-state index in [-0.39, 0.29) is 5.69 Å². The lowest BCUT2D eigenvalue weighted by atomic mass is 10.1. The molecule has 2 aromatic rings. The van der Waals surface area contributed by atoms with Crippen LogP contribution in [0.1, 0.15) is 30.6 Å². The number of aliphatic hydroxyl groups excluding tert-OH is 1. The number of quaternary nitrogens is 1. The van der Waals surface area contributed by atoms with E-state index in [0.29, 0.717) is 18.2 Å². The fraction of sp³-hybridized carbons (Fsp3) is 0.333. The van der Waals surface area contributed by atoms with E-state index < -0.39 is 11.0 Å². The number of aryl methyl sites for hydroxylation is 1. The third kappa shape index (κ3) is 5.47. The Balaban J connectivity index is 1.80. The Morgan fingerprint density at radius 1 is 1.17 bits per heavy atom. The summed E-state index contributed by atoms with van der Waals surface area (Å²) < 4.78 is 0. The van der Waals surface area contributed by atoms with Crippen molar-refractivity contribution in [1.29, 1.82) is 0 Å². The Hall–Kier alpha value is -2.24. The normalized spacial score (nSPS) is 13.5. The molecule has 0 aliphatic carbocycles. The molecule has 23 heavy (non-hydrogen) atoms. The molecule has 0 aromatic heterocycles. The summed E-state index contributed by atoms with van der Waals surface area (Å²) in [5.41, 5.74) is 1.91. The van der Waals surface area contributed by atoms with E-state index in [1.807, 2.05) is 18.2 Å². The third-order valence-electron chi connectivity index (χ3n) is 3.96. The number of nitrogens with two attached hydrogens (primary N) is 1. The second-order valence-corrected chi connectivity index (χ2v) is 5.84. The van der Waals surface area contributed by atoms with Gasteiger partial charge in [0.05, 0.1) is 11.0 Å². The highest BCUT2D eigenvalue weighted by atomic mass is 16.6. The Morgan fingerprint density at radius 2 is 1.91 bits per heavy atom. The molecule has 0 heterocycles. The van der Waals surface area contributed by atoms with Crippen molar-refractivity contribution in [2.75, 3.05) is 6.54 Å². The van der Waals surface area contributed by atoms with E-state index in [2.05, 4.69) is 24.4 Å². The maximum atomic E-state index is 10.8. The molecule has 0 amide bonds. The maximum absolute atomic E-state index is 10.8. The number of nitro benzene ring substituents is 1. The highest BCUT2D eigenvalue weighted by Crippen LogP contribution is 2.18. The molecule has 5 heteroatoms. The molecule has 0 saturated heterocycles. The van der Waals surface area contributed by atoms with Gasteiger partial charge in [-0.3, -0.25) is 10.1 Å². The molecule has 0 spiro atoms. The number of hydrogen-bond donors (Lipinski definition) is 2. The number of rotatable bonds is 8. The first-order valence-corrected chi connectivity index (χ1v) is 7.86. The Bertz CT molecular complexity index is 631. The van der Waals surface area contributed by atoms with Crippen LogP contribution in [0.3, 0.4) is 0 Å². The minimum absolute atomic E-state index is 0.0127. The highest BCUT2D eigenvalue weighted by Gasteiger charge is 2.15. The van der Waals surface area contributed by atoms with Gasteiger partial charge < -0.3 is 10.4 Å². The van der Waals surface area contributed by atoms with Gasteiger partial charge in [0, 0.05) is 18.6 Å². The molecular formula is C18H23N2O3+. The summed E-state index contributed by atoms with van der Waals surface area (Å²) in [6.07, 6.45) is 1.32. The standard InChI is InChI=1S/C18H22N2O3/c1-14(10-11-15-6-3-2-4-7-15)19-13-18(21)16-8-5-9-17(12-16)20(22)23/h2-9,12,14,18-19,21H,10-11,13H2,1H3/p+1/t14-,18-/m1/s1.